The Balaban J connectivity index is 2.08. The van der Waals surface area contributed by atoms with Gasteiger partial charge in [-0.15, -0.1) is 11.3 Å². The third-order valence-corrected chi connectivity index (χ3v) is 4.64. The summed E-state index contributed by atoms with van der Waals surface area (Å²) in [6, 6.07) is 2.50. The molecule has 0 spiro atoms. The largest absolute Gasteiger partial charge is 0.395 e. The zero-order chi connectivity index (χ0) is 13.7. The average molecular weight is 283 g/mol. The fraction of sp³-hybridized carbons (Fsp3) is 0.615. The standard InChI is InChI=1S/C13H21N3O2S/c14-15-13(18)12-10(5-8-19-12)9-16(6-7-17)11-3-1-2-4-11/h5,8,11,17H,1-4,6-7,9,14H2,(H,15,18). The van der Waals surface area contributed by atoms with Gasteiger partial charge in [-0.2, -0.15) is 0 Å². The van der Waals surface area contributed by atoms with E-state index in [4.69, 9.17) is 5.84 Å². The fourth-order valence-electron chi connectivity index (χ4n) is 2.73. The predicted octanol–water partition coefficient (Wildman–Crippen LogP) is 1.09. The van der Waals surface area contributed by atoms with Crippen molar-refractivity contribution in [1.82, 2.24) is 10.3 Å². The van der Waals surface area contributed by atoms with Crippen molar-refractivity contribution in [3.8, 4) is 0 Å². The van der Waals surface area contributed by atoms with E-state index in [0.717, 1.165) is 5.56 Å². The van der Waals surface area contributed by atoms with Gasteiger partial charge in [0.25, 0.3) is 5.91 Å². The summed E-state index contributed by atoms with van der Waals surface area (Å²) in [4.78, 5) is 14.6. The van der Waals surface area contributed by atoms with Crippen molar-refractivity contribution in [1.29, 1.82) is 0 Å². The molecule has 0 aromatic carbocycles. The smallest absolute Gasteiger partial charge is 0.275 e. The second kappa shape index (κ2) is 7.00. The lowest BCUT2D eigenvalue weighted by molar-refractivity contribution is 0.0954. The first-order valence-corrected chi connectivity index (χ1v) is 7.56. The normalized spacial score (nSPS) is 16.2. The van der Waals surface area contributed by atoms with Crippen LogP contribution in [0.5, 0.6) is 0 Å². The second-order valence-corrected chi connectivity index (χ2v) is 5.80. The molecule has 0 radical (unpaired) electrons. The molecule has 6 heteroatoms. The number of thiophene rings is 1. The molecule has 106 valence electrons. The molecule has 0 aliphatic heterocycles. The van der Waals surface area contributed by atoms with Gasteiger partial charge in [0.15, 0.2) is 0 Å². The molecule has 19 heavy (non-hydrogen) atoms. The molecule has 0 bridgehead atoms. The lowest BCUT2D eigenvalue weighted by atomic mass is 10.1. The van der Waals surface area contributed by atoms with E-state index >= 15 is 0 Å². The molecular formula is C13H21N3O2S. The van der Waals surface area contributed by atoms with Crippen LogP contribution in [0.15, 0.2) is 11.4 Å². The summed E-state index contributed by atoms with van der Waals surface area (Å²) in [6.45, 7) is 1.51. The van der Waals surface area contributed by atoms with Crippen LogP contribution >= 0.6 is 11.3 Å². The number of aliphatic hydroxyl groups excluding tert-OH is 1. The van der Waals surface area contributed by atoms with Gasteiger partial charge in [0.2, 0.25) is 0 Å². The SMILES string of the molecule is NNC(=O)c1sccc1CN(CCO)C1CCCC1. The van der Waals surface area contributed by atoms with E-state index in [-0.39, 0.29) is 12.5 Å². The van der Waals surface area contributed by atoms with Gasteiger partial charge >= 0.3 is 0 Å². The lowest BCUT2D eigenvalue weighted by Gasteiger charge is -2.28. The predicted molar refractivity (Wildman–Crippen MR) is 75.7 cm³/mol. The number of amides is 1. The van der Waals surface area contributed by atoms with E-state index in [1.165, 1.54) is 37.0 Å². The van der Waals surface area contributed by atoms with E-state index in [9.17, 15) is 9.90 Å². The third-order valence-electron chi connectivity index (χ3n) is 3.69. The van der Waals surface area contributed by atoms with Crippen LogP contribution in [-0.2, 0) is 6.54 Å². The highest BCUT2D eigenvalue weighted by Gasteiger charge is 2.24. The Morgan fingerprint density at radius 3 is 2.89 bits per heavy atom. The number of hydrogen-bond donors (Lipinski definition) is 3. The van der Waals surface area contributed by atoms with Gasteiger partial charge in [0.05, 0.1) is 11.5 Å². The van der Waals surface area contributed by atoms with Gasteiger partial charge in [-0.3, -0.25) is 15.1 Å². The third kappa shape index (κ3) is 3.54. The molecule has 1 amide bonds. The number of aliphatic hydroxyl groups is 1. The van der Waals surface area contributed by atoms with Crippen LogP contribution in [-0.4, -0.2) is 35.1 Å². The molecule has 1 saturated carbocycles. The van der Waals surface area contributed by atoms with Crippen LogP contribution in [0.1, 0.15) is 40.9 Å². The molecule has 2 rings (SSSR count). The molecular weight excluding hydrogens is 262 g/mol. The van der Waals surface area contributed by atoms with E-state index < -0.39 is 0 Å². The molecule has 0 unspecified atom stereocenters. The molecule has 1 heterocycles. The maximum Gasteiger partial charge on any atom is 0.275 e. The quantitative estimate of drug-likeness (QED) is 0.415. The lowest BCUT2D eigenvalue weighted by Crippen LogP contribution is -2.36. The number of nitrogens with one attached hydrogen (secondary N) is 1. The number of hydrazine groups is 1. The summed E-state index contributed by atoms with van der Waals surface area (Å²) >= 11 is 1.40. The molecule has 5 nitrogen and oxygen atoms in total. The van der Waals surface area contributed by atoms with Gasteiger partial charge in [-0.05, 0) is 29.9 Å². The highest BCUT2D eigenvalue weighted by Crippen LogP contribution is 2.26. The van der Waals surface area contributed by atoms with E-state index in [2.05, 4.69) is 10.3 Å². The van der Waals surface area contributed by atoms with Crippen molar-refractivity contribution in [2.75, 3.05) is 13.2 Å². The summed E-state index contributed by atoms with van der Waals surface area (Å²) in [5.41, 5.74) is 3.18. The number of hydrogen-bond acceptors (Lipinski definition) is 5. The van der Waals surface area contributed by atoms with Crippen molar-refractivity contribution >= 4 is 17.2 Å². The first-order valence-electron chi connectivity index (χ1n) is 6.68. The van der Waals surface area contributed by atoms with Crippen LogP contribution < -0.4 is 11.3 Å². The minimum Gasteiger partial charge on any atom is -0.395 e. The Bertz CT molecular complexity index is 416. The molecule has 1 fully saturated rings. The van der Waals surface area contributed by atoms with Gasteiger partial charge < -0.3 is 5.11 Å². The van der Waals surface area contributed by atoms with Crippen LogP contribution in [0.3, 0.4) is 0 Å². The van der Waals surface area contributed by atoms with Crippen LogP contribution in [0.4, 0.5) is 0 Å². The van der Waals surface area contributed by atoms with Crippen molar-refractivity contribution in [2.45, 2.75) is 38.3 Å². The number of nitrogen functional groups attached to an aromatic ring is 1. The maximum atomic E-state index is 11.7. The Labute approximate surface area is 117 Å². The topological polar surface area (TPSA) is 78.6 Å². The van der Waals surface area contributed by atoms with Gasteiger partial charge in [-0.1, -0.05) is 12.8 Å². The Morgan fingerprint density at radius 1 is 1.53 bits per heavy atom. The summed E-state index contributed by atoms with van der Waals surface area (Å²) in [6.07, 6.45) is 4.88. The van der Waals surface area contributed by atoms with Crippen molar-refractivity contribution in [3.63, 3.8) is 0 Å². The summed E-state index contributed by atoms with van der Waals surface area (Å²) in [5, 5.41) is 11.1. The van der Waals surface area contributed by atoms with Crippen LogP contribution in [0.2, 0.25) is 0 Å². The summed E-state index contributed by atoms with van der Waals surface area (Å²) in [7, 11) is 0. The number of carbonyl (C=O) groups is 1. The first-order chi connectivity index (χ1) is 9.26. The number of nitrogens with two attached hydrogens (primary N) is 1. The number of nitrogens with zero attached hydrogens (tertiary/aromatic N) is 1. The zero-order valence-corrected chi connectivity index (χ0v) is 11.8. The van der Waals surface area contributed by atoms with E-state index in [0.29, 0.717) is 24.0 Å². The van der Waals surface area contributed by atoms with Crippen LogP contribution in [0, 0.1) is 0 Å². The Kier molecular flexibility index (Phi) is 5.33. The minimum absolute atomic E-state index is 0.152. The van der Waals surface area contributed by atoms with E-state index in [1.54, 1.807) is 0 Å². The highest BCUT2D eigenvalue weighted by atomic mass is 32.1. The maximum absolute atomic E-state index is 11.7. The van der Waals surface area contributed by atoms with Crippen molar-refractivity contribution in [3.05, 3.63) is 21.9 Å². The number of rotatable bonds is 6. The Morgan fingerprint density at radius 2 is 2.26 bits per heavy atom. The second-order valence-electron chi connectivity index (χ2n) is 4.88. The van der Waals surface area contributed by atoms with Gasteiger partial charge in [-0.25, -0.2) is 5.84 Å². The Hall–Kier alpha value is -0.950. The highest BCUT2D eigenvalue weighted by molar-refractivity contribution is 7.12. The molecule has 1 aliphatic rings. The minimum atomic E-state index is -0.236. The first kappa shape index (κ1) is 14.5. The van der Waals surface area contributed by atoms with Gasteiger partial charge in [0.1, 0.15) is 0 Å². The molecule has 0 atom stereocenters. The van der Waals surface area contributed by atoms with Crippen LogP contribution in [0.25, 0.3) is 0 Å². The molecule has 1 aromatic heterocycles. The number of carbonyl (C=O) groups excluding carboxylic acids is 1. The monoisotopic (exact) mass is 283 g/mol. The molecule has 1 aromatic rings. The average Bonchev–Trinajstić information content (AvgIpc) is 3.08. The van der Waals surface area contributed by atoms with Gasteiger partial charge in [0, 0.05) is 19.1 Å². The zero-order valence-electron chi connectivity index (χ0n) is 11.0. The fourth-order valence-corrected chi connectivity index (χ4v) is 3.55. The summed E-state index contributed by atoms with van der Waals surface area (Å²) in [5.74, 6) is 4.96. The van der Waals surface area contributed by atoms with E-state index in [1.807, 2.05) is 11.4 Å². The molecule has 1 aliphatic carbocycles. The van der Waals surface area contributed by atoms with Crippen molar-refractivity contribution in [2.24, 2.45) is 5.84 Å². The summed E-state index contributed by atoms with van der Waals surface area (Å²) < 4.78 is 0. The van der Waals surface area contributed by atoms with Crippen molar-refractivity contribution < 1.29 is 9.90 Å². The molecule has 4 N–H and O–H groups in total. The molecule has 0 saturated heterocycles.